The van der Waals surface area contributed by atoms with Crippen molar-refractivity contribution in [2.75, 3.05) is 26.2 Å². The fraction of sp³-hybridized carbons (Fsp3) is 0.269. The van der Waals surface area contributed by atoms with Gasteiger partial charge in [0.2, 0.25) is 0 Å². The molecule has 0 atom stereocenters. The molecule has 2 aromatic heterocycles. The molecule has 2 amide bonds. The summed E-state index contributed by atoms with van der Waals surface area (Å²) in [5.41, 5.74) is 1.12. The number of benzene rings is 2. The Morgan fingerprint density at radius 2 is 1.91 bits per heavy atom. The maximum Gasteiger partial charge on any atom is 0.289 e. The summed E-state index contributed by atoms with van der Waals surface area (Å²) in [6, 6.07) is 16.6. The third kappa shape index (κ3) is 5.33. The van der Waals surface area contributed by atoms with E-state index in [1.54, 1.807) is 23.6 Å². The van der Waals surface area contributed by atoms with Crippen LogP contribution < -0.4 is 10.1 Å². The molecule has 0 saturated carbocycles. The van der Waals surface area contributed by atoms with E-state index < -0.39 is 0 Å². The zero-order valence-electron chi connectivity index (χ0n) is 18.9. The normalized spacial score (nSPS) is 14.3. The summed E-state index contributed by atoms with van der Waals surface area (Å²) in [7, 11) is 0. The highest BCUT2D eigenvalue weighted by Gasteiger charge is 2.28. The van der Waals surface area contributed by atoms with Gasteiger partial charge in [-0.3, -0.25) is 9.59 Å². The minimum Gasteiger partial charge on any atom is -0.490 e. The number of nitrogens with zero attached hydrogens (tertiary/aromatic N) is 2. The average molecular weight is 510 g/mol. The van der Waals surface area contributed by atoms with Crippen molar-refractivity contribution in [3.8, 4) is 5.75 Å². The Balaban J connectivity index is 1.10. The molecule has 1 N–H and O–H groups in total. The lowest BCUT2D eigenvalue weighted by Crippen LogP contribution is -2.37. The van der Waals surface area contributed by atoms with Gasteiger partial charge >= 0.3 is 0 Å². The molecule has 0 unspecified atom stereocenters. The predicted molar refractivity (Wildman–Crippen MR) is 135 cm³/mol. The van der Waals surface area contributed by atoms with E-state index in [0.29, 0.717) is 48.5 Å². The van der Waals surface area contributed by atoms with E-state index in [1.807, 2.05) is 41.3 Å². The van der Waals surface area contributed by atoms with Gasteiger partial charge in [0.15, 0.2) is 5.76 Å². The standard InChI is InChI=1S/C26H24ClN3O4S/c27-19-6-2-4-8-22(19)33-14-11-28-24(31)20-16-35-25(29-20)17-9-12-30(13-10-17)26(32)23-15-18-5-1-3-7-21(18)34-23/h1-8,15-17H,9-14H2,(H,28,31). The molecule has 180 valence electrons. The Kier molecular flexibility index (Phi) is 7.01. The van der Waals surface area contributed by atoms with E-state index in [2.05, 4.69) is 10.3 Å². The number of ether oxygens (including phenoxy) is 1. The summed E-state index contributed by atoms with van der Waals surface area (Å²) in [5, 5.41) is 7.00. The molecule has 35 heavy (non-hydrogen) atoms. The Bertz CT molecular complexity index is 1310. The van der Waals surface area contributed by atoms with Crippen molar-refractivity contribution in [3.63, 3.8) is 0 Å². The van der Waals surface area contributed by atoms with Crippen LogP contribution in [0, 0.1) is 0 Å². The first-order chi connectivity index (χ1) is 17.1. The number of hydrogen-bond donors (Lipinski definition) is 1. The van der Waals surface area contributed by atoms with Crippen LogP contribution in [0.3, 0.4) is 0 Å². The topological polar surface area (TPSA) is 84.7 Å². The van der Waals surface area contributed by atoms with Crippen LogP contribution in [0.2, 0.25) is 5.02 Å². The van der Waals surface area contributed by atoms with Crippen molar-refractivity contribution >= 4 is 45.7 Å². The molecular weight excluding hydrogens is 486 g/mol. The number of likely N-dealkylation sites (tertiary alicyclic amines) is 1. The van der Waals surface area contributed by atoms with Crippen LogP contribution in [0.25, 0.3) is 11.0 Å². The van der Waals surface area contributed by atoms with Gasteiger partial charge < -0.3 is 19.4 Å². The van der Waals surface area contributed by atoms with Gasteiger partial charge in [0, 0.05) is 29.8 Å². The Labute approximate surface area is 211 Å². The molecule has 0 aliphatic carbocycles. The maximum absolute atomic E-state index is 12.9. The number of furan rings is 1. The quantitative estimate of drug-likeness (QED) is 0.338. The van der Waals surface area contributed by atoms with Crippen LogP contribution in [0.4, 0.5) is 0 Å². The third-order valence-corrected chi connectivity index (χ3v) is 7.32. The number of para-hydroxylation sites is 2. The van der Waals surface area contributed by atoms with Gasteiger partial charge in [-0.25, -0.2) is 4.98 Å². The zero-order chi connectivity index (χ0) is 24.2. The maximum atomic E-state index is 12.9. The first-order valence-electron chi connectivity index (χ1n) is 11.5. The fourth-order valence-electron chi connectivity index (χ4n) is 4.13. The predicted octanol–water partition coefficient (Wildman–Crippen LogP) is 5.37. The van der Waals surface area contributed by atoms with Crippen molar-refractivity contribution in [3.05, 3.63) is 81.5 Å². The van der Waals surface area contributed by atoms with E-state index in [4.69, 9.17) is 20.8 Å². The molecule has 2 aromatic carbocycles. The number of halogens is 1. The van der Waals surface area contributed by atoms with Crippen molar-refractivity contribution in [2.24, 2.45) is 0 Å². The lowest BCUT2D eigenvalue weighted by Gasteiger charge is -2.30. The molecule has 9 heteroatoms. The van der Waals surface area contributed by atoms with Crippen molar-refractivity contribution < 1.29 is 18.7 Å². The minimum atomic E-state index is -0.229. The molecule has 1 fully saturated rings. The lowest BCUT2D eigenvalue weighted by molar-refractivity contribution is 0.0683. The highest BCUT2D eigenvalue weighted by atomic mass is 35.5. The van der Waals surface area contributed by atoms with E-state index in [9.17, 15) is 9.59 Å². The number of amides is 2. The van der Waals surface area contributed by atoms with E-state index in [0.717, 1.165) is 28.8 Å². The molecule has 1 saturated heterocycles. The van der Waals surface area contributed by atoms with Gasteiger partial charge in [-0.1, -0.05) is 41.9 Å². The van der Waals surface area contributed by atoms with Gasteiger partial charge in [-0.05, 0) is 37.1 Å². The number of piperidine rings is 1. The first kappa shape index (κ1) is 23.4. The Morgan fingerprint density at radius 1 is 1.14 bits per heavy atom. The van der Waals surface area contributed by atoms with Crippen LogP contribution in [-0.2, 0) is 0 Å². The summed E-state index contributed by atoms with van der Waals surface area (Å²) in [6.07, 6.45) is 1.60. The molecule has 3 heterocycles. The lowest BCUT2D eigenvalue weighted by atomic mass is 9.97. The summed E-state index contributed by atoms with van der Waals surface area (Å²) >= 11 is 7.55. The number of hydrogen-bond acceptors (Lipinski definition) is 6. The summed E-state index contributed by atoms with van der Waals surface area (Å²) in [4.78, 5) is 31.8. The van der Waals surface area contributed by atoms with Crippen LogP contribution in [-0.4, -0.2) is 47.9 Å². The Hall–Kier alpha value is -3.36. The smallest absolute Gasteiger partial charge is 0.289 e. The van der Waals surface area contributed by atoms with Crippen molar-refractivity contribution in [2.45, 2.75) is 18.8 Å². The molecule has 0 spiro atoms. The summed E-state index contributed by atoms with van der Waals surface area (Å²) in [6.45, 7) is 1.91. The molecule has 1 aliphatic heterocycles. The number of nitrogens with one attached hydrogen (secondary N) is 1. The Morgan fingerprint density at radius 3 is 2.71 bits per heavy atom. The van der Waals surface area contributed by atoms with Crippen LogP contribution in [0.1, 0.15) is 44.8 Å². The third-order valence-electron chi connectivity index (χ3n) is 6.00. The van der Waals surface area contributed by atoms with Crippen LogP contribution in [0.5, 0.6) is 5.75 Å². The fourth-order valence-corrected chi connectivity index (χ4v) is 5.29. The van der Waals surface area contributed by atoms with E-state index >= 15 is 0 Å². The highest BCUT2D eigenvalue weighted by molar-refractivity contribution is 7.09. The summed E-state index contributed by atoms with van der Waals surface area (Å²) in [5.74, 6) is 0.872. The summed E-state index contributed by atoms with van der Waals surface area (Å²) < 4.78 is 11.3. The number of aromatic nitrogens is 1. The molecule has 0 bridgehead atoms. The number of carbonyl (C=O) groups is 2. The van der Waals surface area contributed by atoms with Gasteiger partial charge in [-0.2, -0.15) is 0 Å². The van der Waals surface area contributed by atoms with Gasteiger partial charge in [0.25, 0.3) is 11.8 Å². The van der Waals surface area contributed by atoms with Gasteiger partial charge in [0.1, 0.15) is 23.6 Å². The number of rotatable bonds is 7. The van der Waals surface area contributed by atoms with Crippen LogP contribution in [0.15, 0.2) is 64.4 Å². The van der Waals surface area contributed by atoms with Crippen LogP contribution >= 0.6 is 22.9 Å². The molecule has 1 aliphatic rings. The monoisotopic (exact) mass is 509 g/mol. The SMILES string of the molecule is O=C(NCCOc1ccccc1Cl)c1csc(C2CCN(C(=O)c3cc4ccccc4o3)CC2)n1. The molecular formula is C26H24ClN3O4S. The minimum absolute atomic E-state index is 0.0853. The van der Waals surface area contributed by atoms with Gasteiger partial charge in [0.05, 0.1) is 16.6 Å². The molecule has 4 aromatic rings. The zero-order valence-corrected chi connectivity index (χ0v) is 20.5. The van der Waals surface area contributed by atoms with E-state index in [-0.39, 0.29) is 17.7 Å². The average Bonchev–Trinajstić information content (AvgIpc) is 3.55. The van der Waals surface area contributed by atoms with E-state index in [1.165, 1.54) is 11.3 Å². The first-order valence-corrected chi connectivity index (χ1v) is 12.7. The second-order valence-corrected chi connectivity index (χ2v) is 9.62. The van der Waals surface area contributed by atoms with Crippen molar-refractivity contribution in [1.29, 1.82) is 0 Å². The largest absolute Gasteiger partial charge is 0.490 e. The number of fused-ring (bicyclic) bond motifs is 1. The second kappa shape index (κ2) is 10.5. The molecule has 5 rings (SSSR count). The second-order valence-electron chi connectivity index (χ2n) is 8.32. The molecule has 0 radical (unpaired) electrons. The number of thiazole rings is 1. The number of carbonyl (C=O) groups excluding carboxylic acids is 2. The highest BCUT2D eigenvalue weighted by Crippen LogP contribution is 2.31. The van der Waals surface area contributed by atoms with Crippen molar-refractivity contribution in [1.82, 2.24) is 15.2 Å². The van der Waals surface area contributed by atoms with Gasteiger partial charge in [-0.15, -0.1) is 11.3 Å². The molecule has 7 nitrogen and oxygen atoms in total.